The van der Waals surface area contributed by atoms with Crippen LogP contribution < -0.4 is 20.3 Å². The van der Waals surface area contributed by atoms with Crippen molar-refractivity contribution < 1.29 is 14.3 Å². The fourth-order valence-electron chi connectivity index (χ4n) is 4.04. The van der Waals surface area contributed by atoms with Crippen LogP contribution in [-0.4, -0.2) is 62.6 Å². The molecule has 0 bridgehead atoms. The quantitative estimate of drug-likeness (QED) is 0.671. The molecule has 1 fully saturated rings. The molecule has 7 nitrogen and oxygen atoms in total. The lowest BCUT2D eigenvalue weighted by Crippen LogP contribution is -2.46. The molecule has 0 spiro atoms. The smallest absolute Gasteiger partial charge is 0.262 e. The Morgan fingerprint density at radius 3 is 2.74 bits per heavy atom. The first-order valence-electron chi connectivity index (χ1n) is 11.0. The maximum absolute atomic E-state index is 12.4. The lowest BCUT2D eigenvalue weighted by molar-refractivity contribution is -0.118. The van der Waals surface area contributed by atoms with Crippen LogP contribution >= 0.6 is 0 Å². The van der Waals surface area contributed by atoms with Crippen LogP contribution in [0.2, 0.25) is 0 Å². The number of aryl methyl sites for hydroxylation is 1. The molecule has 0 aromatic heterocycles. The third-order valence-corrected chi connectivity index (χ3v) is 5.80. The highest BCUT2D eigenvalue weighted by molar-refractivity contribution is 5.99. The van der Waals surface area contributed by atoms with Crippen LogP contribution in [0.5, 0.6) is 5.75 Å². The van der Waals surface area contributed by atoms with Crippen molar-refractivity contribution in [2.45, 2.75) is 19.8 Å². The molecule has 0 radical (unpaired) electrons. The number of rotatable bonds is 7. The van der Waals surface area contributed by atoms with Crippen molar-refractivity contribution in [1.29, 1.82) is 0 Å². The second-order valence-electron chi connectivity index (χ2n) is 8.18. The topological polar surface area (TPSA) is 73.9 Å². The van der Waals surface area contributed by atoms with Gasteiger partial charge in [-0.1, -0.05) is 12.1 Å². The van der Waals surface area contributed by atoms with Crippen molar-refractivity contribution >= 4 is 23.2 Å². The summed E-state index contributed by atoms with van der Waals surface area (Å²) in [5, 5.41) is 5.70. The standard InChI is InChI=1S/C24H30N4O3/c1-18-5-4-6-20(15-18)28-13-11-27(12-14-28)10-3-2-9-25-24(30)19-7-8-22-21(16-19)26-23(29)17-31-22/h4-8,15-16H,2-3,9-14,17H2,1H3,(H,25,30)(H,26,29). The molecule has 31 heavy (non-hydrogen) atoms. The number of hydrogen-bond donors (Lipinski definition) is 2. The molecule has 2 heterocycles. The number of carbonyl (C=O) groups excluding carboxylic acids is 2. The molecule has 2 amide bonds. The van der Waals surface area contributed by atoms with Crippen molar-refractivity contribution in [2.24, 2.45) is 0 Å². The first-order chi connectivity index (χ1) is 15.1. The summed E-state index contributed by atoms with van der Waals surface area (Å²) in [6.07, 6.45) is 1.99. The Labute approximate surface area is 183 Å². The summed E-state index contributed by atoms with van der Waals surface area (Å²) in [4.78, 5) is 28.8. The second kappa shape index (κ2) is 9.83. The van der Waals surface area contributed by atoms with Crippen LogP contribution in [0.15, 0.2) is 42.5 Å². The maximum Gasteiger partial charge on any atom is 0.262 e. The number of nitrogens with one attached hydrogen (secondary N) is 2. The van der Waals surface area contributed by atoms with Gasteiger partial charge in [-0.15, -0.1) is 0 Å². The van der Waals surface area contributed by atoms with E-state index in [4.69, 9.17) is 4.74 Å². The van der Waals surface area contributed by atoms with Crippen molar-refractivity contribution in [3.8, 4) is 5.75 Å². The minimum absolute atomic E-state index is 0.0134. The molecule has 2 aliphatic rings. The van der Waals surface area contributed by atoms with E-state index in [9.17, 15) is 9.59 Å². The molecule has 164 valence electrons. The molecule has 0 aliphatic carbocycles. The predicted molar refractivity (Wildman–Crippen MR) is 122 cm³/mol. The van der Waals surface area contributed by atoms with E-state index < -0.39 is 0 Å². The Balaban J connectivity index is 1.14. The highest BCUT2D eigenvalue weighted by Crippen LogP contribution is 2.28. The van der Waals surface area contributed by atoms with E-state index in [-0.39, 0.29) is 18.4 Å². The zero-order valence-corrected chi connectivity index (χ0v) is 18.0. The Morgan fingerprint density at radius 2 is 1.94 bits per heavy atom. The van der Waals surface area contributed by atoms with Gasteiger partial charge < -0.3 is 20.3 Å². The number of nitrogens with zero attached hydrogens (tertiary/aromatic N) is 2. The summed E-state index contributed by atoms with van der Waals surface area (Å²) in [5.41, 5.74) is 3.69. The third kappa shape index (κ3) is 5.55. The molecule has 2 aromatic rings. The van der Waals surface area contributed by atoms with E-state index in [1.54, 1.807) is 18.2 Å². The number of amides is 2. The van der Waals surface area contributed by atoms with E-state index in [0.717, 1.165) is 45.6 Å². The van der Waals surface area contributed by atoms with Gasteiger partial charge in [0.1, 0.15) is 5.75 Å². The monoisotopic (exact) mass is 422 g/mol. The van der Waals surface area contributed by atoms with Crippen molar-refractivity contribution in [1.82, 2.24) is 10.2 Å². The van der Waals surface area contributed by atoms with E-state index in [1.807, 2.05) is 0 Å². The number of anilines is 2. The van der Waals surface area contributed by atoms with Gasteiger partial charge in [-0.2, -0.15) is 0 Å². The summed E-state index contributed by atoms with van der Waals surface area (Å²) >= 11 is 0. The average molecular weight is 423 g/mol. The van der Waals surface area contributed by atoms with E-state index >= 15 is 0 Å². The molecule has 2 aliphatic heterocycles. The van der Waals surface area contributed by atoms with Crippen molar-refractivity contribution in [3.05, 3.63) is 53.6 Å². The van der Waals surface area contributed by atoms with Gasteiger partial charge in [0.15, 0.2) is 6.61 Å². The third-order valence-electron chi connectivity index (χ3n) is 5.80. The number of ether oxygens (including phenoxy) is 1. The van der Waals surface area contributed by atoms with Crippen molar-refractivity contribution in [2.75, 3.05) is 56.1 Å². The highest BCUT2D eigenvalue weighted by Gasteiger charge is 2.18. The lowest BCUT2D eigenvalue weighted by atomic mass is 10.1. The van der Waals surface area contributed by atoms with Gasteiger partial charge in [-0.25, -0.2) is 0 Å². The molecule has 2 N–H and O–H groups in total. The predicted octanol–water partition coefficient (Wildman–Crippen LogP) is 2.66. The molecule has 4 rings (SSSR count). The summed E-state index contributed by atoms with van der Waals surface area (Å²) in [6.45, 7) is 8.10. The van der Waals surface area contributed by atoms with Crippen LogP contribution in [0.1, 0.15) is 28.8 Å². The average Bonchev–Trinajstić information content (AvgIpc) is 2.78. The van der Waals surface area contributed by atoms with Crippen LogP contribution in [0.3, 0.4) is 0 Å². The van der Waals surface area contributed by atoms with Gasteiger partial charge in [0.05, 0.1) is 5.69 Å². The molecule has 1 saturated heterocycles. The number of benzene rings is 2. The molecule has 0 unspecified atom stereocenters. The molecule has 2 aromatic carbocycles. The Bertz CT molecular complexity index is 938. The highest BCUT2D eigenvalue weighted by atomic mass is 16.5. The summed E-state index contributed by atoms with van der Waals surface area (Å²) < 4.78 is 5.33. The van der Waals surface area contributed by atoms with Gasteiger partial charge >= 0.3 is 0 Å². The van der Waals surface area contributed by atoms with Gasteiger partial charge in [0.25, 0.3) is 11.8 Å². The van der Waals surface area contributed by atoms with E-state index in [1.165, 1.54) is 11.3 Å². The number of hydrogen-bond acceptors (Lipinski definition) is 5. The maximum atomic E-state index is 12.4. The normalized spacial score (nSPS) is 16.3. The number of fused-ring (bicyclic) bond motifs is 1. The van der Waals surface area contributed by atoms with Crippen LogP contribution in [0.25, 0.3) is 0 Å². The van der Waals surface area contributed by atoms with Crippen molar-refractivity contribution in [3.63, 3.8) is 0 Å². The van der Waals surface area contributed by atoms with Gasteiger partial charge in [-0.05, 0) is 62.2 Å². The first kappa shape index (κ1) is 21.2. The fourth-order valence-corrected chi connectivity index (χ4v) is 4.04. The van der Waals surface area contributed by atoms with Crippen LogP contribution in [0.4, 0.5) is 11.4 Å². The molecular formula is C24H30N4O3. The molecule has 7 heteroatoms. The van der Waals surface area contributed by atoms with Gasteiger partial charge in [-0.3, -0.25) is 14.5 Å². The Hall–Kier alpha value is -3.06. The lowest BCUT2D eigenvalue weighted by Gasteiger charge is -2.36. The van der Waals surface area contributed by atoms with Crippen LogP contribution in [0, 0.1) is 6.92 Å². The fraction of sp³-hybridized carbons (Fsp3) is 0.417. The van der Waals surface area contributed by atoms with E-state index in [2.05, 4.69) is 51.6 Å². The van der Waals surface area contributed by atoms with E-state index in [0.29, 0.717) is 23.5 Å². The summed E-state index contributed by atoms with van der Waals surface area (Å²) in [6, 6.07) is 13.8. The SMILES string of the molecule is Cc1cccc(N2CCN(CCCCNC(=O)c3ccc4c(c3)NC(=O)CO4)CC2)c1. The minimum atomic E-state index is -0.204. The Kier molecular flexibility index (Phi) is 6.72. The number of piperazine rings is 1. The summed E-state index contributed by atoms with van der Waals surface area (Å²) in [5.74, 6) is 0.262. The van der Waals surface area contributed by atoms with Gasteiger partial charge in [0.2, 0.25) is 0 Å². The molecule has 0 saturated carbocycles. The first-order valence-corrected chi connectivity index (χ1v) is 11.0. The zero-order valence-electron chi connectivity index (χ0n) is 18.0. The largest absolute Gasteiger partial charge is 0.482 e. The Morgan fingerprint density at radius 1 is 1.10 bits per heavy atom. The zero-order chi connectivity index (χ0) is 21.6. The number of unbranched alkanes of at least 4 members (excludes halogenated alkanes) is 1. The van der Waals surface area contributed by atoms with Crippen LogP contribution in [-0.2, 0) is 4.79 Å². The summed E-state index contributed by atoms with van der Waals surface area (Å²) in [7, 11) is 0. The minimum Gasteiger partial charge on any atom is -0.482 e. The van der Waals surface area contributed by atoms with Gasteiger partial charge in [0, 0.05) is 44.0 Å². The molecular weight excluding hydrogens is 392 g/mol. The second-order valence-corrected chi connectivity index (χ2v) is 8.18. The molecule has 0 atom stereocenters. The number of carbonyl (C=O) groups is 2.